The summed E-state index contributed by atoms with van der Waals surface area (Å²) in [4.78, 5) is 20.7. The van der Waals surface area contributed by atoms with Crippen LogP contribution in [-0.4, -0.2) is 59.9 Å². The van der Waals surface area contributed by atoms with E-state index in [1.165, 1.54) is 32.4 Å². The highest BCUT2D eigenvalue weighted by atomic mass is 16.5. The number of carboxylic acid groups (broad SMARTS) is 2. The summed E-state index contributed by atoms with van der Waals surface area (Å²) in [5.74, 6) is -1.82. The Bertz CT molecular complexity index is 484. The van der Waals surface area contributed by atoms with Crippen LogP contribution in [0.25, 0.3) is 0 Å². The number of hydrogen-bond acceptors (Lipinski definition) is 5. The van der Waals surface area contributed by atoms with Crippen molar-refractivity contribution in [3.8, 4) is 11.5 Å². The molecule has 1 aromatic rings. The standard InChI is InChI=1S/C15H23NO2.C2H2O4/c1-2-17-14-6-8-15(9-7-14)18-13-12-16-10-4-3-5-11-16;3-1(4)2(5)6/h6-9H,2-5,10-13H2,1H3;(H,3,4)(H,5,6). The maximum Gasteiger partial charge on any atom is 0.414 e. The topological polar surface area (TPSA) is 96.3 Å². The van der Waals surface area contributed by atoms with E-state index in [9.17, 15) is 0 Å². The number of hydrogen-bond donors (Lipinski definition) is 2. The summed E-state index contributed by atoms with van der Waals surface area (Å²) in [7, 11) is 0. The Morgan fingerprint density at radius 3 is 1.92 bits per heavy atom. The molecule has 1 aliphatic rings. The quantitative estimate of drug-likeness (QED) is 0.766. The Morgan fingerprint density at radius 1 is 0.958 bits per heavy atom. The molecule has 1 aliphatic heterocycles. The lowest BCUT2D eigenvalue weighted by molar-refractivity contribution is -0.159. The van der Waals surface area contributed by atoms with Crippen LogP contribution in [0.3, 0.4) is 0 Å². The molecular formula is C17H25NO6. The average molecular weight is 339 g/mol. The van der Waals surface area contributed by atoms with Gasteiger partial charge in [0.05, 0.1) is 6.61 Å². The summed E-state index contributed by atoms with van der Waals surface area (Å²) < 4.78 is 11.1. The second-order valence-electron chi connectivity index (χ2n) is 5.27. The fourth-order valence-corrected chi connectivity index (χ4v) is 2.27. The van der Waals surface area contributed by atoms with Gasteiger partial charge in [0.15, 0.2) is 0 Å². The van der Waals surface area contributed by atoms with E-state index in [0.717, 1.165) is 24.7 Å². The van der Waals surface area contributed by atoms with Crippen LogP contribution < -0.4 is 9.47 Å². The van der Waals surface area contributed by atoms with Crippen LogP contribution in [0.1, 0.15) is 26.2 Å². The van der Waals surface area contributed by atoms with Crippen molar-refractivity contribution < 1.29 is 29.3 Å². The largest absolute Gasteiger partial charge is 0.494 e. The normalized spacial score (nSPS) is 14.2. The first kappa shape index (κ1) is 19.8. The molecule has 0 amide bonds. The van der Waals surface area contributed by atoms with Crippen LogP contribution in [-0.2, 0) is 9.59 Å². The molecule has 7 heteroatoms. The zero-order chi connectivity index (χ0) is 17.8. The van der Waals surface area contributed by atoms with E-state index in [1.807, 2.05) is 31.2 Å². The van der Waals surface area contributed by atoms with Crippen molar-refractivity contribution in [2.75, 3.05) is 32.8 Å². The third-order valence-electron chi connectivity index (χ3n) is 3.44. The van der Waals surface area contributed by atoms with Gasteiger partial charge in [-0.2, -0.15) is 0 Å². The van der Waals surface area contributed by atoms with Crippen LogP contribution in [0.15, 0.2) is 24.3 Å². The molecule has 2 N–H and O–H groups in total. The van der Waals surface area contributed by atoms with E-state index in [2.05, 4.69) is 4.90 Å². The summed E-state index contributed by atoms with van der Waals surface area (Å²) >= 11 is 0. The number of carboxylic acids is 2. The second-order valence-corrected chi connectivity index (χ2v) is 5.27. The van der Waals surface area contributed by atoms with E-state index in [1.54, 1.807) is 0 Å². The van der Waals surface area contributed by atoms with E-state index < -0.39 is 11.9 Å². The Morgan fingerprint density at radius 2 is 1.46 bits per heavy atom. The second kappa shape index (κ2) is 11.3. The van der Waals surface area contributed by atoms with Gasteiger partial charge >= 0.3 is 11.9 Å². The molecule has 0 bridgehead atoms. The number of nitrogens with zero attached hydrogens (tertiary/aromatic N) is 1. The first-order chi connectivity index (χ1) is 11.5. The molecule has 1 fully saturated rings. The van der Waals surface area contributed by atoms with Crippen molar-refractivity contribution in [2.24, 2.45) is 0 Å². The van der Waals surface area contributed by atoms with E-state index in [4.69, 9.17) is 29.3 Å². The van der Waals surface area contributed by atoms with Crippen LogP contribution >= 0.6 is 0 Å². The van der Waals surface area contributed by atoms with E-state index in [0.29, 0.717) is 6.61 Å². The number of likely N-dealkylation sites (tertiary alicyclic amines) is 1. The molecule has 0 atom stereocenters. The van der Waals surface area contributed by atoms with E-state index >= 15 is 0 Å². The van der Waals surface area contributed by atoms with Gasteiger partial charge in [-0.15, -0.1) is 0 Å². The van der Waals surface area contributed by atoms with Gasteiger partial charge in [0.25, 0.3) is 0 Å². The minimum absolute atomic E-state index is 0.704. The van der Waals surface area contributed by atoms with Gasteiger partial charge in [-0.25, -0.2) is 9.59 Å². The molecule has 0 saturated carbocycles. The fourth-order valence-electron chi connectivity index (χ4n) is 2.27. The van der Waals surface area contributed by atoms with Crippen molar-refractivity contribution in [1.82, 2.24) is 4.90 Å². The van der Waals surface area contributed by atoms with Crippen molar-refractivity contribution in [2.45, 2.75) is 26.2 Å². The number of ether oxygens (including phenoxy) is 2. The average Bonchev–Trinajstić information content (AvgIpc) is 2.58. The molecule has 2 rings (SSSR count). The van der Waals surface area contributed by atoms with E-state index in [-0.39, 0.29) is 0 Å². The van der Waals surface area contributed by atoms with Crippen LogP contribution in [0.4, 0.5) is 0 Å². The van der Waals surface area contributed by atoms with Gasteiger partial charge in [-0.1, -0.05) is 6.42 Å². The van der Waals surface area contributed by atoms with Gasteiger partial charge in [-0.3, -0.25) is 4.90 Å². The van der Waals surface area contributed by atoms with Gasteiger partial charge in [0.1, 0.15) is 18.1 Å². The minimum Gasteiger partial charge on any atom is -0.494 e. The molecule has 24 heavy (non-hydrogen) atoms. The Labute approximate surface area is 141 Å². The van der Waals surface area contributed by atoms with Gasteiger partial charge in [0, 0.05) is 6.54 Å². The molecule has 134 valence electrons. The van der Waals surface area contributed by atoms with Gasteiger partial charge < -0.3 is 19.7 Å². The lowest BCUT2D eigenvalue weighted by atomic mass is 10.1. The van der Waals surface area contributed by atoms with Crippen molar-refractivity contribution in [1.29, 1.82) is 0 Å². The Hall–Kier alpha value is -2.28. The number of piperidine rings is 1. The first-order valence-corrected chi connectivity index (χ1v) is 8.07. The zero-order valence-electron chi connectivity index (χ0n) is 13.9. The summed E-state index contributed by atoms with van der Waals surface area (Å²) in [6.45, 7) is 6.96. The Kier molecular flexibility index (Phi) is 9.29. The molecule has 0 aromatic heterocycles. The van der Waals surface area contributed by atoms with Crippen molar-refractivity contribution in [3.63, 3.8) is 0 Å². The molecule has 0 spiro atoms. The van der Waals surface area contributed by atoms with Crippen LogP contribution in [0, 0.1) is 0 Å². The van der Waals surface area contributed by atoms with Gasteiger partial charge in [-0.05, 0) is 57.1 Å². The highest BCUT2D eigenvalue weighted by Crippen LogP contribution is 2.17. The fraction of sp³-hybridized carbons (Fsp3) is 0.529. The lowest BCUT2D eigenvalue weighted by Crippen LogP contribution is -2.33. The number of benzene rings is 1. The molecule has 0 radical (unpaired) electrons. The van der Waals surface area contributed by atoms with Gasteiger partial charge in [0.2, 0.25) is 0 Å². The number of rotatable bonds is 6. The van der Waals surface area contributed by atoms with Crippen LogP contribution in [0.5, 0.6) is 11.5 Å². The summed E-state index contributed by atoms with van der Waals surface area (Å²) in [5.41, 5.74) is 0. The highest BCUT2D eigenvalue weighted by molar-refractivity contribution is 6.27. The zero-order valence-corrected chi connectivity index (χ0v) is 13.9. The maximum atomic E-state index is 9.10. The Balaban J connectivity index is 0.000000413. The molecular weight excluding hydrogens is 314 g/mol. The smallest absolute Gasteiger partial charge is 0.414 e. The summed E-state index contributed by atoms with van der Waals surface area (Å²) in [5, 5.41) is 14.8. The first-order valence-electron chi connectivity index (χ1n) is 8.07. The monoisotopic (exact) mass is 339 g/mol. The lowest BCUT2D eigenvalue weighted by Gasteiger charge is -2.26. The molecule has 1 heterocycles. The third kappa shape index (κ3) is 8.38. The summed E-state index contributed by atoms with van der Waals surface area (Å²) in [6.07, 6.45) is 4.06. The number of aliphatic carboxylic acids is 2. The minimum atomic E-state index is -1.82. The third-order valence-corrected chi connectivity index (χ3v) is 3.44. The predicted octanol–water partition coefficient (Wildman–Crippen LogP) is 2.11. The SMILES string of the molecule is CCOc1ccc(OCCN2CCCCC2)cc1.O=C(O)C(=O)O. The predicted molar refractivity (Wildman–Crippen MR) is 88.7 cm³/mol. The molecule has 0 unspecified atom stereocenters. The molecule has 1 aromatic carbocycles. The molecule has 1 saturated heterocycles. The maximum absolute atomic E-state index is 9.10. The summed E-state index contributed by atoms with van der Waals surface area (Å²) in [6, 6.07) is 7.86. The molecule has 7 nitrogen and oxygen atoms in total. The highest BCUT2D eigenvalue weighted by Gasteiger charge is 2.09. The van der Waals surface area contributed by atoms with Crippen molar-refractivity contribution in [3.05, 3.63) is 24.3 Å². The number of carbonyl (C=O) groups is 2. The van der Waals surface area contributed by atoms with Crippen molar-refractivity contribution >= 4 is 11.9 Å². The molecule has 0 aliphatic carbocycles. The van der Waals surface area contributed by atoms with Crippen LogP contribution in [0.2, 0.25) is 0 Å².